The molecule has 1 aromatic carbocycles. The van der Waals surface area contributed by atoms with Gasteiger partial charge in [0.15, 0.2) is 0 Å². The molecular weight excluding hydrogens is 254 g/mol. The highest BCUT2D eigenvalue weighted by Crippen LogP contribution is 2.27. The highest BCUT2D eigenvalue weighted by molar-refractivity contribution is 5.20. The first kappa shape index (κ1) is 15.3. The number of para-hydroxylation sites is 1. The van der Waals surface area contributed by atoms with Gasteiger partial charge >= 0.3 is 0 Å². The van der Waals surface area contributed by atoms with E-state index in [2.05, 4.69) is 5.32 Å². The van der Waals surface area contributed by atoms with Gasteiger partial charge in [0.25, 0.3) is 0 Å². The molecule has 0 bridgehead atoms. The van der Waals surface area contributed by atoms with Crippen molar-refractivity contribution >= 4 is 0 Å². The summed E-state index contributed by atoms with van der Waals surface area (Å²) in [5.41, 5.74) is -0.585. The predicted molar refractivity (Wildman–Crippen MR) is 78.8 cm³/mol. The average Bonchev–Trinajstić information content (AvgIpc) is 2.47. The molecular formula is C16H25NO3. The summed E-state index contributed by atoms with van der Waals surface area (Å²) in [6.07, 6.45) is 4.56. The van der Waals surface area contributed by atoms with Crippen molar-refractivity contribution in [1.82, 2.24) is 5.32 Å². The first-order chi connectivity index (χ1) is 9.68. The van der Waals surface area contributed by atoms with Gasteiger partial charge in [0.05, 0.1) is 5.60 Å². The molecule has 1 aliphatic rings. The van der Waals surface area contributed by atoms with Crippen molar-refractivity contribution in [3.05, 3.63) is 30.3 Å². The van der Waals surface area contributed by atoms with E-state index in [9.17, 15) is 10.2 Å². The first-order valence-corrected chi connectivity index (χ1v) is 7.47. The molecule has 4 nitrogen and oxygen atoms in total. The van der Waals surface area contributed by atoms with E-state index >= 15 is 0 Å². The monoisotopic (exact) mass is 279 g/mol. The van der Waals surface area contributed by atoms with Crippen LogP contribution in [0, 0.1) is 0 Å². The minimum atomic E-state index is -0.585. The topological polar surface area (TPSA) is 61.7 Å². The number of aliphatic hydroxyl groups is 2. The predicted octanol–water partition coefficient (Wildman–Crippen LogP) is 1.71. The summed E-state index contributed by atoms with van der Waals surface area (Å²) in [5.74, 6) is 0.762. The molecule has 3 N–H and O–H groups in total. The van der Waals surface area contributed by atoms with E-state index in [4.69, 9.17) is 4.74 Å². The van der Waals surface area contributed by atoms with Crippen LogP contribution >= 0.6 is 0 Å². The Morgan fingerprint density at radius 1 is 1.15 bits per heavy atom. The van der Waals surface area contributed by atoms with Crippen molar-refractivity contribution < 1.29 is 14.9 Å². The summed E-state index contributed by atoms with van der Waals surface area (Å²) in [4.78, 5) is 0. The van der Waals surface area contributed by atoms with Crippen LogP contribution in [0.15, 0.2) is 30.3 Å². The quantitative estimate of drug-likeness (QED) is 0.711. The molecule has 0 heterocycles. The lowest BCUT2D eigenvalue weighted by Crippen LogP contribution is -2.44. The van der Waals surface area contributed by atoms with Crippen molar-refractivity contribution in [2.24, 2.45) is 0 Å². The smallest absolute Gasteiger partial charge is 0.119 e. The van der Waals surface area contributed by atoms with Gasteiger partial charge in [-0.1, -0.05) is 37.5 Å². The molecule has 0 spiro atoms. The zero-order chi connectivity index (χ0) is 14.3. The largest absolute Gasteiger partial charge is 0.491 e. The summed E-state index contributed by atoms with van der Waals surface area (Å²) in [5, 5.41) is 23.3. The highest BCUT2D eigenvalue weighted by atomic mass is 16.5. The van der Waals surface area contributed by atoms with Gasteiger partial charge < -0.3 is 20.3 Å². The fourth-order valence-corrected chi connectivity index (χ4v) is 2.63. The molecule has 20 heavy (non-hydrogen) atoms. The molecule has 0 saturated heterocycles. The van der Waals surface area contributed by atoms with Crippen LogP contribution < -0.4 is 10.1 Å². The lowest BCUT2D eigenvalue weighted by Gasteiger charge is -2.32. The first-order valence-electron chi connectivity index (χ1n) is 7.47. The Morgan fingerprint density at radius 2 is 1.85 bits per heavy atom. The third-order valence-electron chi connectivity index (χ3n) is 3.80. The molecule has 0 amide bonds. The zero-order valence-corrected chi connectivity index (χ0v) is 11.9. The standard InChI is InChI=1S/C16H25NO3/c18-14(12-20-15-7-3-1-4-8-15)11-17-13-16(19)9-5-2-6-10-16/h1,3-4,7-8,14,17-19H,2,5-6,9-13H2. The second-order valence-electron chi connectivity index (χ2n) is 5.69. The van der Waals surface area contributed by atoms with Gasteiger partial charge in [0.2, 0.25) is 0 Å². The van der Waals surface area contributed by atoms with Crippen LogP contribution in [0.2, 0.25) is 0 Å². The Labute approximate surface area is 120 Å². The summed E-state index contributed by atoms with van der Waals surface area (Å²) in [6, 6.07) is 9.46. The van der Waals surface area contributed by atoms with E-state index < -0.39 is 11.7 Å². The normalized spacial score (nSPS) is 19.5. The van der Waals surface area contributed by atoms with Crippen molar-refractivity contribution in [3.8, 4) is 5.75 Å². The Balaban J connectivity index is 1.61. The summed E-state index contributed by atoms with van der Waals surface area (Å²) in [7, 11) is 0. The second kappa shape index (κ2) is 7.62. The Kier molecular flexibility index (Phi) is 5.83. The van der Waals surface area contributed by atoms with E-state index in [0.717, 1.165) is 31.4 Å². The van der Waals surface area contributed by atoms with Crippen molar-refractivity contribution in [1.29, 1.82) is 0 Å². The Morgan fingerprint density at radius 3 is 2.55 bits per heavy atom. The Hall–Kier alpha value is -1.10. The maximum absolute atomic E-state index is 10.3. The van der Waals surface area contributed by atoms with E-state index in [0.29, 0.717) is 13.1 Å². The lowest BCUT2D eigenvalue weighted by molar-refractivity contribution is 0.00142. The number of hydrogen-bond donors (Lipinski definition) is 3. The van der Waals surface area contributed by atoms with Crippen LogP contribution in [0.25, 0.3) is 0 Å². The second-order valence-corrected chi connectivity index (χ2v) is 5.69. The molecule has 112 valence electrons. The van der Waals surface area contributed by atoms with Crippen molar-refractivity contribution in [2.75, 3.05) is 19.7 Å². The molecule has 2 rings (SSSR count). The minimum absolute atomic E-state index is 0.259. The number of nitrogens with one attached hydrogen (secondary N) is 1. The van der Waals surface area contributed by atoms with Gasteiger partial charge in [-0.15, -0.1) is 0 Å². The highest BCUT2D eigenvalue weighted by Gasteiger charge is 2.28. The fourth-order valence-electron chi connectivity index (χ4n) is 2.63. The van der Waals surface area contributed by atoms with Gasteiger partial charge in [-0.2, -0.15) is 0 Å². The van der Waals surface area contributed by atoms with Gasteiger partial charge in [-0.05, 0) is 25.0 Å². The molecule has 1 unspecified atom stereocenters. The van der Waals surface area contributed by atoms with E-state index in [1.807, 2.05) is 30.3 Å². The van der Waals surface area contributed by atoms with Crippen LogP contribution in [0.3, 0.4) is 0 Å². The maximum Gasteiger partial charge on any atom is 0.119 e. The third kappa shape index (κ3) is 5.12. The number of aliphatic hydroxyl groups excluding tert-OH is 1. The van der Waals surface area contributed by atoms with Crippen LogP contribution in [0.4, 0.5) is 0 Å². The molecule has 1 aromatic rings. The molecule has 0 aliphatic heterocycles. The van der Waals surface area contributed by atoms with Crippen LogP contribution in [-0.2, 0) is 0 Å². The van der Waals surface area contributed by atoms with Crippen molar-refractivity contribution in [3.63, 3.8) is 0 Å². The van der Waals surface area contributed by atoms with E-state index in [1.54, 1.807) is 0 Å². The number of ether oxygens (including phenoxy) is 1. The van der Waals surface area contributed by atoms with Crippen molar-refractivity contribution in [2.45, 2.75) is 43.8 Å². The fraction of sp³-hybridized carbons (Fsp3) is 0.625. The minimum Gasteiger partial charge on any atom is -0.491 e. The zero-order valence-electron chi connectivity index (χ0n) is 11.9. The third-order valence-corrected chi connectivity index (χ3v) is 3.80. The molecule has 4 heteroatoms. The molecule has 0 radical (unpaired) electrons. The molecule has 1 fully saturated rings. The Bertz CT molecular complexity index is 377. The van der Waals surface area contributed by atoms with Crippen LogP contribution in [-0.4, -0.2) is 41.6 Å². The maximum atomic E-state index is 10.3. The molecule has 1 saturated carbocycles. The number of rotatable bonds is 7. The van der Waals surface area contributed by atoms with Gasteiger partial charge in [-0.25, -0.2) is 0 Å². The van der Waals surface area contributed by atoms with Gasteiger partial charge in [0, 0.05) is 13.1 Å². The molecule has 1 aliphatic carbocycles. The summed E-state index contributed by atoms with van der Waals surface area (Å²) >= 11 is 0. The van der Waals surface area contributed by atoms with Gasteiger partial charge in [-0.3, -0.25) is 0 Å². The molecule has 0 aromatic heterocycles. The lowest BCUT2D eigenvalue weighted by atomic mass is 9.85. The summed E-state index contributed by atoms with van der Waals surface area (Å²) in [6.45, 7) is 1.25. The SMILES string of the molecule is OC(CNCC1(O)CCCCC1)COc1ccccc1. The van der Waals surface area contributed by atoms with Crippen LogP contribution in [0.1, 0.15) is 32.1 Å². The number of hydrogen-bond acceptors (Lipinski definition) is 4. The van der Waals surface area contributed by atoms with Gasteiger partial charge in [0.1, 0.15) is 18.5 Å². The van der Waals surface area contributed by atoms with Crippen LogP contribution in [0.5, 0.6) is 5.75 Å². The molecule has 1 atom stereocenters. The average molecular weight is 279 g/mol. The summed E-state index contributed by atoms with van der Waals surface area (Å²) < 4.78 is 5.48. The van der Waals surface area contributed by atoms with E-state index in [-0.39, 0.29) is 6.61 Å². The number of benzene rings is 1. The van der Waals surface area contributed by atoms with E-state index in [1.165, 1.54) is 6.42 Å².